The largest absolute Gasteiger partial charge is 0.370 e. The number of benzene rings is 1. The predicted octanol–water partition coefficient (Wildman–Crippen LogP) is 2.15. The molecule has 4 nitrogen and oxygen atoms in total. The Balaban J connectivity index is 0.00000200. The Labute approximate surface area is 128 Å². The molecule has 1 aliphatic rings. The summed E-state index contributed by atoms with van der Waals surface area (Å²) in [5.74, 6) is -0.578. The van der Waals surface area contributed by atoms with E-state index < -0.39 is 11.9 Å². The minimum atomic E-state index is -0.532. The third-order valence-electron chi connectivity index (χ3n) is 3.08. The molecule has 7 heteroatoms. The third-order valence-corrected chi connectivity index (χ3v) is 3.37. The molecule has 2 atom stereocenters. The van der Waals surface area contributed by atoms with Crippen LogP contribution in [-0.2, 0) is 9.53 Å². The Hall–Kier alpha value is -0.880. The molecule has 0 aromatic heterocycles. The second-order valence-corrected chi connectivity index (χ2v) is 5.01. The lowest BCUT2D eigenvalue weighted by Gasteiger charge is -2.34. The van der Waals surface area contributed by atoms with Gasteiger partial charge in [0.2, 0.25) is 5.91 Å². The van der Waals surface area contributed by atoms with Gasteiger partial charge in [-0.3, -0.25) is 4.79 Å². The summed E-state index contributed by atoms with van der Waals surface area (Å²) in [5.41, 5.74) is 6.35. The molecule has 1 aromatic rings. The molecular formula is C13H17Cl2FN2O2. The molecule has 1 heterocycles. The zero-order valence-electron chi connectivity index (χ0n) is 11.0. The zero-order chi connectivity index (χ0) is 14.0. The Kier molecular flexibility index (Phi) is 6.20. The van der Waals surface area contributed by atoms with Crippen LogP contribution in [0.5, 0.6) is 0 Å². The summed E-state index contributed by atoms with van der Waals surface area (Å²) in [6.07, 6.45) is -0.297. The van der Waals surface area contributed by atoms with Crippen molar-refractivity contribution in [3.05, 3.63) is 34.6 Å². The van der Waals surface area contributed by atoms with Crippen LogP contribution < -0.4 is 5.73 Å². The predicted molar refractivity (Wildman–Crippen MR) is 77.6 cm³/mol. The molecule has 2 rings (SSSR count). The highest BCUT2D eigenvalue weighted by Gasteiger charge is 2.27. The monoisotopic (exact) mass is 322 g/mol. The van der Waals surface area contributed by atoms with Crippen LogP contribution in [0.1, 0.15) is 18.6 Å². The first-order valence-corrected chi connectivity index (χ1v) is 6.47. The number of rotatable bonds is 2. The van der Waals surface area contributed by atoms with Gasteiger partial charge in [-0.15, -0.1) is 12.4 Å². The second-order valence-electron chi connectivity index (χ2n) is 4.61. The number of nitrogens with two attached hydrogens (primary N) is 1. The van der Waals surface area contributed by atoms with Crippen LogP contribution in [0.25, 0.3) is 0 Å². The number of halogens is 3. The average Bonchev–Trinajstić information content (AvgIpc) is 2.41. The maximum atomic E-state index is 13.1. The second kappa shape index (κ2) is 7.22. The van der Waals surface area contributed by atoms with Crippen LogP contribution in [-0.4, -0.2) is 36.5 Å². The van der Waals surface area contributed by atoms with Crippen LogP contribution in [0.4, 0.5) is 4.39 Å². The van der Waals surface area contributed by atoms with Gasteiger partial charge in [-0.25, -0.2) is 4.39 Å². The van der Waals surface area contributed by atoms with Crippen LogP contribution in [0.2, 0.25) is 5.02 Å². The van der Waals surface area contributed by atoms with E-state index >= 15 is 0 Å². The lowest BCUT2D eigenvalue weighted by molar-refractivity contribution is -0.140. The summed E-state index contributed by atoms with van der Waals surface area (Å²) in [4.78, 5) is 13.5. The van der Waals surface area contributed by atoms with Gasteiger partial charge in [-0.05, 0) is 24.6 Å². The normalized spacial score (nSPS) is 20.2. The van der Waals surface area contributed by atoms with Crippen molar-refractivity contribution in [2.24, 2.45) is 5.73 Å². The topological polar surface area (TPSA) is 55.6 Å². The number of carbonyl (C=O) groups excluding carboxylic acids is 1. The van der Waals surface area contributed by atoms with Crippen LogP contribution in [0.3, 0.4) is 0 Å². The first kappa shape index (κ1) is 17.2. The van der Waals surface area contributed by atoms with E-state index in [1.165, 1.54) is 12.1 Å². The summed E-state index contributed by atoms with van der Waals surface area (Å²) in [6, 6.07) is 3.91. The summed E-state index contributed by atoms with van der Waals surface area (Å²) >= 11 is 5.75. The number of ether oxygens (including phenoxy) is 1. The molecule has 1 fully saturated rings. The van der Waals surface area contributed by atoms with Crippen molar-refractivity contribution < 1.29 is 13.9 Å². The SMILES string of the molecule is C[C@H](N)C(=O)N1CCOC(c2ccc(F)c(Cl)c2)C1.Cl. The van der Waals surface area contributed by atoms with Gasteiger partial charge in [-0.2, -0.15) is 0 Å². The van der Waals surface area contributed by atoms with E-state index in [0.29, 0.717) is 19.7 Å². The molecule has 1 unspecified atom stereocenters. The number of amides is 1. The first-order chi connectivity index (χ1) is 8.99. The van der Waals surface area contributed by atoms with E-state index in [2.05, 4.69) is 0 Å². The highest BCUT2D eigenvalue weighted by atomic mass is 35.5. The van der Waals surface area contributed by atoms with Crippen molar-refractivity contribution in [1.29, 1.82) is 0 Å². The number of nitrogens with zero attached hydrogens (tertiary/aromatic N) is 1. The highest BCUT2D eigenvalue weighted by Crippen LogP contribution is 2.26. The van der Waals surface area contributed by atoms with Gasteiger partial charge in [0.25, 0.3) is 0 Å². The molecule has 1 saturated heterocycles. The van der Waals surface area contributed by atoms with Gasteiger partial charge in [0.1, 0.15) is 11.9 Å². The molecule has 1 amide bonds. The quantitative estimate of drug-likeness (QED) is 0.907. The third kappa shape index (κ3) is 3.82. The maximum Gasteiger partial charge on any atom is 0.239 e. The molecule has 1 aliphatic heterocycles. The van der Waals surface area contributed by atoms with Gasteiger partial charge in [0, 0.05) is 6.54 Å². The van der Waals surface area contributed by atoms with Crippen LogP contribution in [0, 0.1) is 5.82 Å². The van der Waals surface area contributed by atoms with Gasteiger partial charge in [0.05, 0.1) is 24.2 Å². The summed E-state index contributed by atoms with van der Waals surface area (Å²) in [5, 5.41) is 0.0525. The molecule has 0 bridgehead atoms. The molecule has 0 saturated carbocycles. The Morgan fingerprint density at radius 1 is 1.60 bits per heavy atom. The summed E-state index contributed by atoms with van der Waals surface area (Å²) in [6.45, 7) is 3.01. The van der Waals surface area contributed by atoms with Crippen molar-refractivity contribution in [2.45, 2.75) is 19.1 Å². The zero-order valence-corrected chi connectivity index (χ0v) is 12.6. The maximum absolute atomic E-state index is 13.1. The van der Waals surface area contributed by atoms with Gasteiger partial charge < -0.3 is 15.4 Å². The molecule has 112 valence electrons. The van der Waals surface area contributed by atoms with E-state index in [0.717, 1.165) is 5.56 Å². The minimum Gasteiger partial charge on any atom is -0.370 e. The summed E-state index contributed by atoms with van der Waals surface area (Å²) in [7, 11) is 0. The highest BCUT2D eigenvalue weighted by molar-refractivity contribution is 6.30. The van der Waals surface area contributed by atoms with Crippen molar-refractivity contribution >= 4 is 29.9 Å². The molecule has 0 aliphatic carbocycles. The standard InChI is InChI=1S/C13H16ClFN2O2.ClH/c1-8(16)13(18)17-4-5-19-12(7-17)9-2-3-11(15)10(14)6-9;/h2-3,6,8,12H,4-5,7,16H2,1H3;1H/t8-,12?;/m0./s1. The van der Waals surface area contributed by atoms with Crippen molar-refractivity contribution in [3.63, 3.8) is 0 Å². The summed E-state index contributed by atoms with van der Waals surface area (Å²) < 4.78 is 18.7. The van der Waals surface area contributed by atoms with E-state index in [1.54, 1.807) is 17.9 Å². The van der Waals surface area contributed by atoms with E-state index in [4.69, 9.17) is 22.1 Å². The lowest BCUT2D eigenvalue weighted by Crippen LogP contribution is -2.48. The molecule has 2 N–H and O–H groups in total. The number of carbonyl (C=O) groups is 1. The van der Waals surface area contributed by atoms with E-state index in [1.807, 2.05) is 0 Å². The van der Waals surface area contributed by atoms with Gasteiger partial charge in [-0.1, -0.05) is 17.7 Å². The van der Waals surface area contributed by atoms with E-state index in [-0.39, 0.29) is 29.4 Å². The number of hydrogen-bond acceptors (Lipinski definition) is 3. The molecule has 20 heavy (non-hydrogen) atoms. The van der Waals surface area contributed by atoms with Gasteiger partial charge >= 0.3 is 0 Å². The fraction of sp³-hybridized carbons (Fsp3) is 0.462. The molecule has 0 spiro atoms. The Bertz CT molecular complexity index is 485. The van der Waals surface area contributed by atoms with Crippen LogP contribution in [0.15, 0.2) is 18.2 Å². The van der Waals surface area contributed by atoms with Crippen molar-refractivity contribution in [3.8, 4) is 0 Å². The van der Waals surface area contributed by atoms with Gasteiger partial charge in [0.15, 0.2) is 0 Å². The first-order valence-electron chi connectivity index (χ1n) is 6.10. The lowest BCUT2D eigenvalue weighted by atomic mass is 10.1. The fourth-order valence-electron chi connectivity index (χ4n) is 2.05. The minimum absolute atomic E-state index is 0. The molecular weight excluding hydrogens is 306 g/mol. The average molecular weight is 323 g/mol. The Morgan fingerprint density at radius 2 is 2.30 bits per heavy atom. The van der Waals surface area contributed by atoms with E-state index in [9.17, 15) is 9.18 Å². The van der Waals surface area contributed by atoms with Crippen molar-refractivity contribution in [1.82, 2.24) is 4.90 Å². The number of morpholine rings is 1. The molecule has 1 aromatic carbocycles. The smallest absolute Gasteiger partial charge is 0.239 e. The van der Waals surface area contributed by atoms with Crippen molar-refractivity contribution in [2.75, 3.05) is 19.7 Å². The Morgan fingerprint density at radius 3 is 2.90 bits per heavy atom. The number of hydrogen-bond donors (Lipinski definition) is 1. The van der Waals surface area contributed by atoms with Crippen LogP contribution >= 0.6 is 24.0 Å². The fourth-order valence-corrected chi connectivity index (χ4v) is 2.24. The molecule has 0 radical (unpaired) electrons.